The van der Waals surface area contributed by atoms with Gasteiger partial charge in [0.15, 0.2) is 0 Å². The zero-order chi connectivity index (χ0) is 13.7. The van der Waals surface area contributed by atoms with Crippen molar-refractivity contribution >= 4 is 17.5 Å². The van der Waals surface area contributed by atoms with Crippen LogP contribution in [0, 0.1) is 0 Å². The Morgan fingerprint density at radius 1 is 1.21 bits per heavy atom. The molecule has 102 valence electrons. The quantitative estimate of drug-likeness (QED) is 0.655. The Morgan fingerprint density at radius 3 is 2.63 bits per heavy atom. The highest BCUT2D eigenvalue weighted by atomic mass is 16.2. The van der Waals surface area contributed by atoms with Crippen molar-refractivity contribution in [2.75, 3.05) is 12.3 Å². The van der Waals surface area contributed by atoms with Gasteiger partial charge < -0.3 is 16.4 Å². The summed E-state index contributed by atoms with van der Waals surface area (Å²) in [5.74, 6) is -0.246. The summed E-state index contributed by atoms with van der Waals surface area (Å²) in [6.07, 6.45) is 3.02. The molecule has 1 fully saturated rings. The van der Waals surface area contributed by atoms with Crippen LogP contribution in [0.25, 0.3) is 0 Å². The first-order chi connectivity index (χ1) is 9.15. The number of nitrogens with two attached hydrogens (primary N) is 1. The molecule has 0 aliphatic heterocycles. The molecule has 1 aliphatic carbocycles. The number of rotatable bonds is 6. The predicted octanol–water partition coefficient (Wildman–Crippen LogP) is 0.596. The van der Waals surface area contributed by atoms with Crippen molar-refractivity contribution in [3.63, 3.8) is 0 Å². The third-order valence-corrected chi connectivity index (χ3v) is 3.07. The third-order valence-electron chi connectivity index (χ3n) is 3.07. The minimum atomic E-state index is -0.130. The van der Waals surface area contributed by atoms with Crippen LogP contribution in [-0.2, 0) is 16.0 Å². The van der Waals surface area contributed by atoms with E-state index in [2.05, 4.69) is 10.6 Å². The van der Waals surface area contributed by atoms with Gasteiger partial charge in [0.1, 0.15) is 0 Å². The molecule has 0 spiro atoms. The highest BCUT2D eigenvalue weighted by Crippen LogP contribution is 2.18. The van der Waals surface area contributed by atoms with Gasteiger partial charge in [-0.15, -0.1) is 0 Å². The van der Waals surface area contributed by atoms with Gasteiger partial charge in [-0.25, -0.2) is 0 Å². The monoisotopic (exact) mass is 261 g/mol. The van der Waals surface area contributed by atoms with Crippen molar-refractivity contribution in [1.29, 1.82) is 0 Å². The molecule has 5 heteroatoms. The topological polar surface area (TPSA) is 84.2 Å². The molecule has 0 unspecified atom stereocenters. The zero-order valence-corrected chi connectivity index (χ0v) is 10.8. The van der Waals surface area contributed by atoms with Crippen molar-refractivity contribution in [2.24, 2.45) is 0 Å². The first-order valence-corrected chi connectivity index (χ1v) is 6.54. The summed E-state index contributed by atoms with van der Waals surface area (Å²) in [7, 11) is 0. The lowest BCUT2D eigenvalue weighted by atomic mass is 10.1. The lowest BCUT2D eigenvalue weighted by Gasteiger charge is -2.07. The lowest BCUT2D eigenvalue weighted by molar-refractivity contribution is -0.126. The molecule has 4 N–H and O–H groups in total. The Balaban J connectivity index is 1.66. The molecule has 0 atom stereocenters. The van der Waals surface area contributed by atoms with Crippen molar-refractivity contribution in [3.8, 4) is 0 Å². The van der Waals surface area contributed by atoms with Crippen molar-refractivity contribution in [1.82, 2.24) is 10.6 Å². The van der Waals surface area contributed by atoms with Gasteiger partial charge in [0, 0.05) is 18.2 Å². The lowest BCUT2D eigenvalue weighted by Crippen LogP contribution is -2.37. The molecule has 1 aromatic rings. The normalized spacial score (nSPS) is 13.9. The van der Waals surface area contributed by atoms with Crippen LogP contribution in [0.1, 0.15) is 24.8 Å². The highest BCUT2D eigenvalue weighted by molar-refractivity contribution is 5.85. The Kier molecular flexibility index (Phi) is 4.39. The summed E-state index contributed by atoms with van der Waals surface area (Å²) < 4.78 is 0. The number of hydrogen-bond acceptors (Lipinski definition) is 3. The molecule has 2 rings (SSSR count). The van der Waals surface area contributed by atoms with Crippen LogP contribution in [0.3, 0.4) is 0 Å². The van der Waals surface area contributed by atoms with E-state index in [9.17, 15) is 9.59 Å². The molecule has 1 saturated carbocycles. The summed E-state index contributed by atoms with van der Waals surface area (Å²) in [5.41, 5.74) is 7.45. The molecule has 1 aliphatic rings. The molecular formula is C14H19N3O2. The third kappa shape index (κ3) is 4.62. The Bertz CT molecular complexity index is 470. The van der Waals surface area contributed by atoms with Gasteiger partial charge in [-0.3, -0.25) is 9.59 Å². The van der Waals surface area contributed by atoms with Crippen LogP contribution in [0.4, 0.5) is 5.69 Å². The van der Waals surface area contributed by atoms with Gasteiger partial charge in [0.2, 0.25) is 11.8 Å². The summed E-state index contributed by atoms with van der Waals surface area (Å²) in [4.78, 5) is 23.0. The second kappa shape index (κ2) is 6.22. The Hall–Kier alpha value is -2.04. The number of carbonyl (C=O) groups excluding carboxylic acids is 2. The summed E-state index contributed by atoms with van der Waals surface area (Å²) >= 11 is 0. The van der Waals surface area contributed by atoms with Crippen LogP contribution in [0.5, 0.6) is 0 Å². The number of hydrogen-bond donors (Lipinski definition) is 3. The molecule has 2 amide bonds. The molecule has 5 nitrogen and oxygen atoms in total. The van der Waals surface area contributed by atoms with E-state index in [-0.39, 0.29) is 18.4 Å². The fraction of sp³-hybridized carbons (Fsp3) is 0.429. The van der Waals surface area contributed by atoms with E-state index in [1.54, 1.807) is 0 Å². The van der Waals surface area contributed by atoms with E-state index >= 15 is 0 Å². The van der Waals surface area contributed by atoms with Crippen LogP contribution in [-0.4, -0.2) is 24.4 Å². The SMILES string of the molecule is Nc1ccccc1CCC(=O)NCC(=O)NC1CC1. The molecule has 0 aromatic heterocycles. The minimum Gasteiger partial charge on any atom is -0.399 e. The number of benzene rings is 1. The second-order valence-corrected chi connectivity index (χ2v) is 4.82. The first-order valence-electron chi connectivity index (χ1n) is 6.54. The van der Waals surface area contributed by atoms with Crippen molar-refractivity contribution in [2.45, 2.75) is 31.7 Å². The fourth-order valence-corrected chi connectivity index (χ4v) is 1.78. The highest BCUT2D eigenvalue weighted by Gasteiger charge is 2.23. The second-order valence-electron chi connectivity index (χ2n) is 4.82. The van der Waals surface area contributed by atoms with E-state index < -0.39 is 0 Å². The zero-order valence-electron chi connectivity index (χ0n) is 10.8. The van der Waals surface area contributed by atoms with Gasteiger partial charge >= 0.3 is 0 Å². The van der Waals surface area contributed by atoms with Crippen molar-refractivity contribution in [3.05, 3.63) is 29.8 Å². The van der Waals surface area contributed by atoms with Crippen LogP contribution in [0.2, 0.25) is 0 Å². The number of nitrogens with one attached hydrogen (secondary N) is 2. The summed E-state index contributed by atoms with van der Waals surface area (Å²) in [6.45, 7) is 0.0552. The molecule has 0 saturated heterocycles. The molecular weight excluding hydrogens is 242 g/mol. The summed E-state index contributed by atoms with van der Waals surface area (Å²) in [5, 5.41) is 5.43. The van der Waals surface area contributed by atoms with Gasteiger partial charge in [-0.05, 0) is 30.9 Å². The van der Waals surface area contributed by atoms with Gasteiger partial charge in [-0.1, -0.05) is 18.2 Å². The number of aryl methyl sites for hydroxylation is 1. The van der Waals surface area contributed by atoms with Crippen molar-refractivity contribution < 1.29 is 9.59 Å². The van der Waals surface area contributed by atoms with E-state index in [0.29, 0.717) is 24.6 Å². The average molecular weight is 261 g/mol. The maximum absolute atomic E-state index is 11.6. The maximum atomic E-state index is 11.6. The first kappa shape index (κ1) is 13.4. The largest absolute Gasteiger partial charge is 0.399 e. The van der Waals surface area contributed by atoms with E-state index in [1.165, 1.54) is 0 Å². The van der Waals surface area contributed by atoms with Crippen LogP contribution >= 0.6 is 0 Å². The predicted molar refractivity (Wildman–Crippen MR) is 73.3 cm³/mol. The maximum Gasteiger partial charge on any atom is 0.239 e. The standard InChI is InChI=1S/C14H19N3O2/c15-12-4-2-1-3-10(12)5-8-13(18)16-9-14(19)17-11-6-7-11/h1-4,11H,5-9,15H2,(H,16,18)(H,17,19). The molecule has 0 bridgehead atoms. The Morgan fingerprint density at radius 2 is 1.95 bits per heavy atom. The van der Waals surface area contributed by atoms with Gasteiger partial charge in [-0.2, -0.15) is 0 Å². The molecule has 0 heterocycles. The Labute approximate surface area is 112 Å². The fourth-order valence-electron chi connectivity index (χ4n) is 1.78. The van der Waals surface area contributed by atoms with Crippen LogP contribution < -0.4 is 16.4 Å². The molecule has 19 heavy (non-hydrogen) atoms. The van der Waals surface area contributed by atoms with E-state index in [1.807, 2.05) is 24.3 Å². The molecule has 1 aromatic carbocycles. The van der Waals surface area contributed by atoms with Gasteiger partial charge in [0.25, 0.3) is 0 Å². The van der Waals surface area contributed by atoms with Crippen LogP contribution in [0.15, 0.2) is 24.3 Å². The number of para-hydroxylation sites is 1. The minimum absolute atomic E-state index is 0.0552. The van der Waals surface area contributed by atoms with Gasteiger partial charge in [0.05, 0.1) is 6.54 Å². The van der Waals surface area contributed by atoms with E-state index in [4.69, 9.17) is 5.73 Å². The smallest absolute Gasteiger partial charge is 0.239 e. The number of anilines is 1. The number of carbonyl (C=O) groups is 2. The number of amides is 2. The molecule has 0 radical (unpaired) electrons. The number of nitrogen functional groups attached to an aromatic ring is 1. The van der Waals surface area contributed by atoms with E-state index in [0.717, 1.165) is 18.4 Å². The summed E-state index contributed by atoms with van der Waals surface area (Å²) in [6, 6.07) is 7.81. The average Bonchev–Trinajstić information content (AvgIpc) is 3.19.